The maximum Gasteiger partial charge on any atom is 0.306 e. The zero-order chi connectivity index (χ0) is 26.5. The van der Waals surface area contributed by atoms with Crippen molar-refractivity contribution in [3.05, 3.63) is 82.9 Å². The number of carboxylic acid groups (broad SMARTS) is 1. The van der Waals surface area contributed by atoms with Crippen molar-refractivity contribution in [2.75, 3.05) is 11.5 Å². The molecule has 2 fully saturated rings. The molecule has 3 aliphatic rings. The molecule has 0 spiro atoms. The van der Waals surface area contributed by atoms with Crippen molar-refractivity contribution in [3.8, 4) is 22.6 Å². The van der Waals surface area contributed by atoms with Gasteiger partial charge in [-0.15, -0.1) is 0 Å². The highest BCUT2D eigenvalue weighted by molar-refractivity contribution is 7.85. The van der Waals surface area contributed by atoms with Gasteiger partial charge in [-0.2, -0.15) is 0 Å². The fourth-order valence-corrected chi connectivity index (χ4v) is 6.46. The minimum absolute atomic E-state index is 0.0185. The summed E-state index contributed by atoms with van der Waals surface area (Å²) in [6.45, 7) is 2.76. The molecule has 6 heteroatoms. The summed E-state index contributed by atoms with van der Waals surface area (Å²) in [5.74, 6) is 2.77. The maximum absolute atomic E-state index is 11.7. The minimum atomic E-state index is -0.659. The van der Waals surface area contributed by atoms with Gasteiger partial charge in [0.25, 0.3) is 0 Å². The first-order valence-electron chi connectivity index (χ1n) is 13.6. The Kier molecular flexibility index (Phi) is 8.48. The topological polar surface area (TPSA) is 72.8 Å². The van der Waals surface area contributed by atoms with Crippen LogP contribution >= 0.6 is 0 Å². The quantitative estimate of drug-likeness (QED) is 0.392. The minimum Gasteiger partial charge on any atom is -0.490 e. The Morgan fingerprint density at radius 2 is 1.66 bits per heavy atom. The van der Waals surface area contributed by atoms with E-state index in [4.69, 9.17) is 14.6 Å². The van der Waals surface area contributed by atoms with Crippen molar-refractivity contribution >= 4 is 16.8 Å². The second-order valence-corrected chi connectivity index (χ2v) is 12.2. The Balaban J connectivity index is 0.000000433. The Hall–Kier alpha value is -3.12. The van der Waals surface area contributed by atoms with E-state index in [1.807, 2.05) is 30.3 Å². The monoisotopic (exact) mass is 532 g/mol. The van der Waals surface area contributed by atoms with Gasteiger partial charge < -0.3 is 14.6 Å². The lowest BCUT2D eigenvalue weighted by atomic mass is 9.91. The van der Waals surface area contributed by atoms with Crippen LogP contribution in [0.5, 0.6) is 11.5 Å². The van der Waals surface area contributed by atoms with Crippen LogP contribution in [0.4, 0.5) is 0 Å². The molecule has 3 aromatic rings. The summed E-state index contributed by atoms with van der Waals surface area (Å²) < 4.78 is 24.0. The Morgan fingerprint density at radius 3 is 2.34 bits per heavy atom. The van der Waals surface area contributed by atoms with E-state index in [0.29, 0.717) is 6.61 Å². The number of carbonyl (C=O) groups is 1. The number of para-hydroxylation sites is 1. The van der Waals surface area contributed by atoms with Gasteiger partial charge in [0.2, 0.25) is 0 Å². The van der Waals surface area contributed by atoms with E-state index in [1.165, 1.54) is 33.4 Å². The number of hydrogen-bond acceptors (Lipinski definition) is 4. The van der Waals surface area contributed by atoms with Crippen LogP contribution < -0.4 is 9.47 Å². The predicted molar refractivity (Wildman–Crippen MR) is 151 cm³/mol. The summed E-state index contributed by atoms with van der Waals surface area (Å²) in [5, 5.41) is 8.05. The third kappa shape index (κ3) is 6.84. The van der Waals surface area contributed by atoms with Crippen LogP contribution in [0.15, 0.2) is 60.7 Å². The third-order valence-corrected chi connectivity index (χ3v) is 8.82. The fraction of sp³-hybridized carbons (Fsp3) is 0.406. The third-order valence-electron chi connectivity index (χ3n) is 7.44. The van der Waals surface area contributed by atoms with Gasteiger partial charge in [0.05, 0.1) is 5.92 Å². The van der Waals surface area contributed by atoms with Gasteiger partial charge in [-0.3, -0.25) is 9.00 Å². The van der Waals surface area contributed by atoms with Gasteiger partial charge in [-0.25, -0.2) is 0 Å². The number of rotatable bonds is 6. The molecule has 6 rings (SSSR count). The lowest BCUT2D eigenvalue weighted by Crippen LogP contribution is -2.27. The van der Waals surface area contributed by atoms with Crippen molar-refractivity contribution in [3.63, 3.8) is 0 Å². The van der Waals surface area contributed by atoms with E-state index in [1.54, 1.807) is 0 Å². The molecule has 0 unspecified atom stereocenters. The number of hydrogen-bond donors (Lipinski definition) is 1. The van der Waals surface area contributed by atoms with Crippen LogP contribution in [-0.2, 0) is 35.0 Å². The summed E-state index contributed by atoms with van der Waals surface area (Å²) in [6.07, 6.45) is 7.05. The molecular weight excluding hydrogens is 496 g/mol. The summed E-state index contributed by atoms with van der Waals surface area (Å²) in [6, 6.07) is 21.2. The first kappa shape index (κ1) is 26.5. The molecule has 0 aromatic heterocycles. The lowest BCUT2D eigenvalue weighted by Gasteiger charge is -2.24. The molecule has 1 saturated carbocycles. The highest BCUT2D eigenvalue weighted by Gasteiger charge is 2.28. The van der Waals surface area contributed by atoms with E-state index < -0.39 is 16.8 Å². The highest BCUT2D eigenvalue weighted by Crippen LogP contribution is 2.38. The SMILES string of the molecule is Cc1cc(OC2CCS(=O)CC2)cc2c1-c1cc(COc3ccccc3)ccc1CCC2.O=C(O)C1CC1. The molecule has 5 nitrogen and oxygen atoms in total. The number of ether oxygens (including phenoxy) is 2. The zero-order valence-electron chi connectivity index (χ0n) is 22.0. The number of fused-ring (bicyclic) bond motifs is 3. The largest absolute Gasteiger partial charge is 0.490 e. The standard InChI is InChI=1S/C28H30O3S.C4H6O2/c1-20-16-26(31-25-12-14-32(29)15-13-25)18-23-7-5-6-22-11-10-21(17-27(22)28(20)23)19-30-24-8-3-2-4-9-24;5-4(6)3-1-2-3/h2-4,8-11,16-18,25H,5-7,12-15,19H2,1H3;3H,1-2H2,(H,5,6). The smallest absolute Gasteiger partial charge is 0.306 e. The molecular formula is C32H36O5S. The van der Waals surface area contributed by atoms with E-state index in [0.717, 1.165) is 68.0 Å². The fourth-order valence-electron chi connectivity index (χ4n) is 5.20. The van der Waals surface area contributed by atoms with Crippen LogP contribution in [0.25, 0.3) is 11.1 Å². The molecule has 0 radical (unpaired) electrons. The van der Waals surface area contributed by atoms with E-state index in [2.05, 4.69) is 37.3 Å². The van der Waals surface area contributed by atoms with Crippen molar-refractivity contribution in [1.29, 1.82) is 0 Å². The summed E-state index contributed by atoms with van der Waals surface area (Å²) in [5.41, 5.74) is 7.94. The van der Waals surface area contributed by atoms with Gasteiger partial charge in [0, 0.05) is 22.3 Å². The lowest BCUT2D eigenvalue weighted by molar-refractivity contribution is -0.138. The van der Waals surface area contributed by atoms with E-state index in [-0.39, 0.29) is 12.0 Å². The molecule has 1 saturated heterocycles. The van der Waals surface area contributed by atoms with Crippen molar-refractivity contribution in [1.82, 2.24) is 0 Å². The van der Waals surface area contributed by atoms with Gasteiger partial charge >= 0.3 is 5.97 Å². The second-order valence-electron chi connectivity index (χ2n) is 10.5. The molecule has 0 atom stereocenters. The van der Waals surface area contributed by atoms with Crippen molar-refractivity contribution in [2.45, 2.75) is 64.6 Å². The Labute approximate surface area is 227 Å². The molecule has 38 heavy (non-hydrogen) atoms. The molecule has 1 N–H and O–H groups in total. The second kappa shape index (κ2) is 12.2. The van der Waals surface area contributed by atoms with Crippen molar-refractivity contribution in [2.24, 2.45) is 5.92 Å². The first-order chi connectivity index (χ1) is 18.5. The van der Waals surface area contributed by atoms with Crippen LogP contribution in [-0.4, -0.2) is 32.9 Å². The highest BCUT2D eigenvalue weighted by atomic mass is 32.2. The van der Waals surface area contributed by atoms with Crippen LogP contribution in [0, 0.1) is 12.8 Å². The number of carboxylic acids is 1. The van der Waals surface area contributed by atoms with Crippen molar-refractivity contribution < 1.29 is 23.6 Å². The molecule has 0 amide bonds. The van der Waals surface area contributed by atoms with Gasteiger partial charge in [-0.1, -0.05) is 30.3 Å². The molecule has 200 valence electrons. The van der Waals surface area contributed by atoms with E-state index >= 15 is 0 Å². The normalized spacial score (nSPS) is 20.1. The van der Waals surface area contributed by atoms with Crippen LogP contribution in [0.1, 0.15) is 54.4 Å². The molecule has 0 bridgehead atoms. The summed E-state index contributed by atoms with van der Waals surface area (Å²) >= 11 is 0. The molecule has 2 aliphatic carbocycles. The molecule has 3 aromatic carbocycles. The number of aryl methyl sites for hydroxylation is 3. The van der Waals surface area contributed by atoms with Crippen LogP contribution in [0.2, 0.25) is 0 Å². The number of aliphatic carboxylic acids is 1. The summed E-state index contributed by atoms with van der Waals surface area (Å²) in [4.78, 5) is 9.76. The number of benzene rings is 3. The van der Waals surface area contributed by atoms with Gasteiger partial charge in [0.1, 0.15) is 24.2 Å². The average molecular weight is 533 g/mol. The molecule has 1 aliphatic heterocycles. The van der Waals surface area contributed by atoms with Gasteiger partial charge in [-0.05, 0) is 116 Å². The predicted octanol–water partition coefficient (Wildman–Crippen LogP) is 6.50. The maximum atomic E-state index is 11.7. The summed E-state index contributed by atoms with van der Waals surface area (Å²) in [7, 11) is -0.659. The zero-order valence-corrected chi connectivity index (χ0v) is 22.8. The van der Waals surface area contributed by atoms with E-state index in [9.17, 15) is 9.00 Å². The Bertz CT molecular complexity index is 1290. The molecule has 1 heterocycles. The van der Waals surface area contributed by atoms with Crippen LogP contribution in [0.3, 0.4) is 0 Å². The Morgan fingerprint density at radius 1 is 0.921 bits per heavy atom. The first-order valence-corrected chi connectivity index (χ1v) is 15.1. The van der Waals surface area contributed by atoms with Gasteiger partial charge in [0.15, 0.2) is 0 Å². The average Bonchev–Trinajstić information content (AvgIpc) is 3.77.